The van der Waals surface area contributed by atoms with Crippen molar-refractivity contribution in [2.24, 2.45) is 4.99 Å². The molecule has 0 amide bonds. The summed E-state index contributed by atoms with van der Waals surface area (Å²) in [4.78, 5) is 6.81. The molecule has 7 heteroatoms. The fourth-order valence-corrected chi connectivity index (χ4v) is 3.82. The predicted octanol–water partition coefficient (Wildman–Crippen LogP) is 2.83. The maximum absolute atomic E-state index is 13.6. The van der Waals surface area contributed by atoms with Gasteiger partial charge >= 0.3 is 0 Å². The molecule has 6 nitrogen and oxygen atoms in total. The van der Waals surface area contributed by atoms with Crippen molar-refractivity contribution in [2.75, 3.05) is 33.8 Å². The molecule has 2 aromatic carbocycles. The van der Waals surface area contributed by atoms with Crippen molar-refractivity contribution >= 4 is 5.96 Å². The van der Waals surface area contributed by atoms with Gasteiger partial charge in [0.1, 0.15) is 11.6 Å². The summed E-state index contributed by atoms with van der Waals surface area (Å²) in [5.74, 6) is 1.14. The lowest BCUT2D eigenvalue weighted by molar-refractivity contribution is 0.245. The van der Waals surface area contributed by atoms with Gasteiger partial charge in [-0.05, 0) is 61.3 Å². The third kappa shape index (κ3) is 5.70. The molecule has 1 atom stereocenters. The second-order valence-electron chi connectivity index (χ2n) is 7.43. The zero-order valence-corrected chi connectivity index (χ0v) is 17.7. The Bertz CT molecular complexity index is 853. The standard InChI is InChI=1S/C23H31FN4O2/c1-25-23(26-14-17-8-9-21(24)19(12-17)16-29)27-15-22(28-10-3-4-11-28)18-6-5-7-20(13-18)30-2/h5-9,12-13,22,29H,3-4,10-11,14-16H2,1-2H3,(H2,25,26,27). The van der Waals surface area contributed by atoms with Crippen LogP contribution in [0.4, 0.5) is 4.39 Å². The van der Waals surface area contributed by atoms with Gasteiger partial charge in [-0.15, -0.1) is 0 Å². The number of benzene rings is 2. The molecule has 0 saturated carbocycles. The van der Waals surface area contributed by atoms with Gasteiger partial charge in [-0.1, -0.05) is 18.2 Å². The van der Waals surface area contributed by atoms with Crippen molar-refractivity contribution in [3.63, 3.8) is 0 Å². The van der Waals surface area contributed by atoms with E-state index in [0.29, 0.717) is 24.6 Å². The van der Waals surface area contributed by atoms with Crippen molar-refractivity contribution in [2.45, 2.75) is 32.0 Å². The summed E-state index contributed by atoms with van der Waals surface area (Å²) in [7, 11) is 3.42. The van der Waals surface area contributed by atoms with Crippen LogP contribution in [0.1, 0.15) is 35.6 Å². The summed E-state index contributed by atoms with van der Waals surface area (Å²) in [5.41, 5.74) is 2.39. The number of aliphatic hydroxyl groups is 1. The molecule has 1 heterocycles. The molecule has 3 rings (SSSR count). The minimum atomic E-state index is -0.393. The van der Waals surface area contributed by atoms with E-state index in [-0.39, 0.29) is 12.6 Å². The van der Waals surface area contributed by atoms with Gasteiger partial charge in [0.15, 0.2) is 5.96 Å². The minimum absolute atomic E-state index is 0.216. The second kappa shape index (κ2) is 10.9. The van der Waals surface area contributed by atoms with Crippen molar-refractivity contribution < 1.29 is 14.2 Å². The molecule has 162 valence electrons. The number of aliphatic hydroxyl groups excluding tert-OH is 1. The number of aliphatic imine (C=N–C) groups is 1. The molecule has 1 saturated heterocycles. The van der Waals surface area contributed by atoms with Crippen LogP contribution in [0.25, 0.3) is 0 Å². The van der Waals surface area contributed by atoms with Gasteiger partial charge in [-0.3, -0.25) is 9.89 Å². The Morgan fingerprint density at radius 1 is 1.20 bits per heavy atom. The minimum Gasteiger partial charge on any atom is -0.497 e. The van der Waals surface area contributed by atoms with Crippen LogP contribution >= 0.6 is 0 Å². The molecule has 1 aliphatic rings. The van der Waals surface area contributed by atoms with Crippen LogP contribution < -0.4 is 15.4 Å². The number of hydrogen-bond acceptors (Lipinski definition) is 4. The third-order valence-electron chi connectivity index (χ3n) is 5.49. The number of likely N-dealkylation sites (tertiary alicyclic amines) is 1. The Kier molecular flexibility index (Phi) is 8.04. The van der Waals surface area contributed by atoms with Gasteiger partial charge < -0.3 is 20.5 Å². The molecule has 0 radical (unpaired) electrons. The van der Waals surface area contributed by atoms with Crippen LogP contribution in [0.15, 0.2) is 47.5 Å². The maximum atomic E-state index is 13.6. The molecule has 0 aromatic heterocycles. The number of nitrogens with one attached hydrogen (secondary N) is 2. The normalized spacial score (nSPS) is 15.8. The highest BCUT2D eigenvalue weighted by Gasteiger charge is 2.24. The van der Waals surface area contributed by atoms with Crippen LogP contribution in [0.5, 0.6) is 5.75 Å². The van der Waals surface area contributed by atoms with Gasteiger partial charge in [-0.2, -0.15) is 0 Å². The van der Waals surface area contributed by atoms with Gasteiger partial charge in [0, 0.05) is 25.7 Å². The average molecular weight is 415 g/mol. The van der Waals surface area contributed by atoms with Crippen LogP contribution in [0.2, 0.25) is 0 Å². The number of hydrogen-bond donors (Lipinski definition) is 3. The van der Waals surface area contributed by atoms with E-state index in [1.54, 1.807) is 26.3 Å². The highest BCUT2D eigenvalue weighted by molar-refractivity contribution is 5.79. The lowest BCUT2D eigenvalue weighted by Crippen LogP contribution is -2.42. The van der Waals surface area contributed by atoms with Gasteiger partial charge in [0.25, 0.3) is 0 Å². The predicted molar refractivity (Wildman–Crippen MR) is 117 cm³/mol. The number of rotatable bonds is 8. The van der Waals surface area contributed by atoms with Crippen molar-refractivity contribution in [1.82, 2.24) is 15.5 Å². The topological polar surface area (TPSA) is 69.1 Å². The fourth-order valence-electron chi connectivity index (χ4n) is 3.82. The molecular weight excluding hydrogens is 383 g/mol. The Hall–Kier alpha value is -2.64. The molecule has 0 aliphatic carbocycles. The number of ether oxygens (including phenoxy) is 1. The van der Waals surface area contributed by atoms with E-state index in [1.165, 1.54) is 24.5 Å². The van der Waals surface area contributed by atoms with Gasteiger partial charge in [-0.25, -0.2) is 4.39 Å². The molecule has 1 unspecified atom stereocenters. The van der Waals surface area contributed by atoms with E-state index >= 15 is 0 Å². The summed E-state index contributed by atoms with van der Waals surface area (Å²) in [6.07, 6.45) is 2.43. The van der Waals surface area contributed by atoms with Crippen LogP contribution in [-0.4, -0.2) is 49.8 Å². The Morgan fingerprint density at radius 3 is 2.70 bits per heavy atom. The van der Waals surface area contributed by atoms with Crippen molar-refractivity contribution in [3.05, 3.63) is 65.0 Å². The third-order valence-corrected chi connectivity index (χ3v) is 5.49. The molecular formula is C23H31FN4O2. The van der Waals surface area contributed by atoms with Gasteiger partial charge in [0.2, 0.25) is 0 Å². The zero-order chi connectivity index (χ0) is 21.3. The molecule has 0 bridgehead atoms. The Labute approximate surface area is 177 Å². The second-order valence-corrected chi connectivity index (χ2v) is 7.43. The molecule has 1 aliphatic heterocycles. The largest absolute Gasteiger partial charge is 0.497 e. The van der Waals surface area contributed by atoms with Crippen LogP contribution in [0, 0.1) is 5.82 Å². The summed E-state index contributed by atoms with van der Waals surface area (Å²) >= 11 is 0. The summed E-state index contributed by atoms with van der Waals surface area (Å²) in [5, 5.41) is 15.9. The lowest BCUT2D eigenvalue weighted by atomic mass is 10.1. The Morgan fingerprint density at radius 2 is 2.00 bits per heavy atom. The molecule has 3 N–H and O–H groups in total. The van der Waals surface area contributed by atoms with E-state index in [0.717, 1.165) is 24.4 Å². The van der Waals surface area contributed by atoms with E-state index < -0.39 is 5.82 Å². The van der Waals surface area contributed by atoms with Crippen LogP contribution in [-0.2, 0) is 13.2 Å². The number of guanidine groups is 1. The van der Waals surface area contributed by atoms with E-state index in [9.17, 15) is 9.50 Å². The number of methoxy groups -OCH3 is 1. The lowest BCUT2D eigenvalue weighted by Gasteiger charge is -2.29. The first-order valence-corrected chi connectivity index (χ1v) is 10.3. The Balaban J connectivity index is 1.64. The highest BCUT2D eigenvalue weighted by atomic mass is 19.1. The first-order valence-electron chi connectivity index (χ1n) is 10.3. The SMILES string of the molecule is CN=C(NCc1ccc(F)c(CO)c1)NCC(c1cccc(OC)c1)N1CCCC1. The van der Waals surface area contributed by atoms with Crippen molar-refractivity contribution in [3.8, 4) is 5.75 Å². The van der Waals surface area contributed by atoms with E-state index in [2.05, 4.69) is 32.7 Å². The molecule has 0 spiro atoms. The van der Waals surface area contributed by atoms with E-state index in [1.807, 2.05) is 12.1 Å². The highest BCUT2D eigenvalue weighted by Crippen LogP contribution is 2.27. The van der Waals surface area contributed by atoms with Gasteiger partial charge in [0.05, 0.1) is 19.8 Å². The first-order chi connectivity index (χ1) is 14.6. The first kappa shape index (κ1) is 22.1. The fraction of sp³-hybridized carbons (Fsp3) is 0.435. The summed E-state index contributed by atoms with van der Waals surface area (Å²) < 4.78 is 19.0. The van der Waals surface area contributed by atoms with Crippen LogP contribution in [0.3, 0.4) is 0 Å². The smallest absolute Gasteiger partial charge is 0.191 e. The molecule has 2 aromatic rings. The zero-order valence-electron chi connectivity index (χ0n) is 17.7. The molecule has 1 fully saturated rings. The van der Waals surface area contributed by atoms with E-state index in [4.69, 9.17) is 4.74 Å². The number of nitrogens with zero attached hydrogens (tertiary/aromatic N) is 2. The van der Waals surface area contributed by atoms with Crippen molar-refractivity contribution in [1.29, 1.82) is 0 Å². The quantitative estimate of drug-likeness (QED) is 0.458. The average Bonchev–Trinajstić information content (AvgIpc) is 3.31. The maximum Gasteiger partial charge on any atom is 0.191 e. The molecule has 30 heavy (non-hydrogen) atoms. The summed E-state index contributed by atoms with van der Waals surface area (Å²) in [6.45, 7) is 3.04. The summed E-state index contributed by atoms with van der Waals surface area (Å²) in [6, 6.07) is 13.2. The number of halogens is 1. The monoisotopic (exact) mass is 414 g/mol.